The van der Waals surface area contributed by atoms with Gasteiger partial charge in [-0.25, -0.2) is 4.98 Å². The molecular formula is C18H11ClN2O3. The van der Waals surface area contributed by atoms with Gasteiger partial charge in [-0.1, -0.05) is 29.8 Å². The lowest BCUT2D eigenvalue weighted by molar-refractivity contribution is 0.174. The second kappa shape index (κ2) is 5.04. The normalized spacial score (nSPS) is 12.9. The Bertz CT molecular complexity index is 1090. The molecule has 0 aliphatic carbocycles. The Morgan fingerprint density at radius 2 is 1.92 bits per heavy atom. The molecule has 2 aromatic carbocycles. The van der Waals surface area contributed by atoms with E-state index in [0.29, 0.717) is 16.5 Å². The summed E-state index contributed by atoms with van der Waals surface area (Å²) >= 11 is 6.32. The molecule has 0 radical (unpaired) electrons. The van der Waals surface area contributed by atoms with Crippen LogP contribution in [-0.2, 0) is 0 Å². The first-order valence-corrected chi connectivity index (χ1v) is 7.79. The van der Waals surface area contributed by atoms with Crippen LogP contribution in [0, 0.1) is 0 Å². The molecule has 5 nitrogen and oxygen atoms in total. The first-order valence-electron chi connectivity index (χ1n) is 7.42. The number of nitrogens with one attached hydrogen (secondary N) is 1. The topological polar surface area (TPSA) is 56.5 Å². The van der Waals surface area contributed by atoms with Gasteiger partial charge in [0.1, 0.15) is 6.26 Å². The fourth-order valence-corrected chi connectivity index (χ4v) is 3.13. The van der Waals surface area contributed by atoms with Crippen LogP contribution >= 0.6 is 11.6 Å². The fourth-order valence-electron chi connectivity index (χ4n) is 2.91. The van der Waals surface area contributed by atoms with Crippen molar-refractivity contribution in [3.63, 3.8) is 0 Å². The Morgan fingerprint density at radius 1 is 1.04 bits per heavy atom. The largest absolute Gasteiger partial charge is 0.454 e. The summed E-state index contributed by atoms with van der Waals surface area (Å²) < 4.78 is 16.3. The quantitative estimate of drug-likeness (QED) is 0.550. The number of para-hydroxylation sites is 1. The molecule has 118 valence electrons. The highest BCUT2D eigenvalue weighted by atomic mass is 35.5. The van der Waals surface area contributed by atoms with E-state index in [1.807, 2.05) is 42.5 Å². The minimum absolute atomic E-state index is 0.245. The van der Waals surface area contributed by atoms with E-state index in [2.05, 4.69) is 10.3 Å². The molecule has 6 heteroatoms. The van der Waals surface area contributed by atoms with E-state index < -0.39 is 0 Å². The van der Waals surface area contributed by atoms with E-state index in [1.54, 1.807) is 0 Å². The predicted octanol–water partition coefficient (Wildman–Crippen LogP) is 5.11. The Balaban J connectivity index is 1.73. The van der Waals surface area contributed by atoms with Crippen LogP contribution < -0.4 is 14.8 Å². The van der Waals surface area contributed by atoms with Gasteiger partial charge in [0, 0.05) is 17.1 Å². The zero-order valence-corrected chi connectivity index (χ0v) is 13.1. The zero-order chi connectivity index (χ0) is 16.1. The first-order chi connectivity index (χ1) is 11.8. The van der Waals surface area contributed by atoms with Crippen molar-refractivity contribution in [2.75, 3.05) is 12.1 Å². The van der Waals surface area contributed by atoms with Gasteiger partial charge in [0.15, 0.2) is 11.5 Å². The number of furan rings is 1. The highest BCUT2D eigenvalue weighted by Gasteiger charge is 2.17. The number of hydrogen-bond donors (Lipinski definition) is 1. The molecule has 2 aromatic heterocycles. The number of ether oxygens (including phenoxy) is 2. The number of benzene rings is 2. The molecule has 0 fully saturated rings. The molecule has 0 spiro atoms. The SMILES string of the molecule is Clc1coc2nc3ccccc3c(Nc3ccc4c(c3)OCO4)c12. The molecule has 0 amide bonds. The van der Waals surface area contributed by atoms with Crippen molar-refractivity contribution < 1.29 is 13.9 Å². The Hall–Kier alpha value is -2.92. The number of rotatable bonds is 2. The van der Waals surface area contributed by atoms with Gasteiger partial charge in [-0.15, -0.1) is 0 Å². The number of anilines is 2. The summed E-state index contributed by atoms with van der Waals surface area (Å²) in [5, 5.41) is 5.67. The molecule has 1 aliphatic heterocycles. The number of hydrogen-bond acceptors (Lipinski definition) is 5. The van der Waals surface area contributed by atoms with Crippen LogP contribution in [0.2, 0.25) is 5.02 Å². The van der Waals surface area contributed by atoms with E-state index in [1.165, 1.54) is 6.26 Å². The van der Waals surface area contributed by atoms with E-state index in [4.69, 9.17) is 25.5 Å². The molecule has 24 heavy (non-hydrogen) atoms. The van der Waals surface area contributed by atoms with Gasteiger partial charge in [0.05, 0.1) is 21.6 Å². The van der Waals surface area contributed by atoms with Gasteiger partial charge in [-0.3, -0.25) is 0 Å². The molecule has 0 atom stereocenters. The van der Waals surface area contributed by atoms with E-state index in [-0.39, 0.29) is 6.79 Å². The van der Waals surface area contributed by atoms with Crippen molar-refractivity contribution in [1.29, 1.82) is 0 Å². The monoisotopic (exact) mass is 338 g/mol. The van der Waals surface area contributed by atoms with Crippen LogP contribution in [0.1, 0.15) is 0 Å². The van der Waals surface area contributed by atoms with Gasteiger partial charge in [0.2, 0.25) is 12.5 Å². The highest BCUT2D eigenvalue weighted by Crippen LogP contribution is 2.40. The van der Waals surface area contributed by atoms with Crippen LogP contribution in [0.4, 0.5) is 11.4 Å². The smallest absolute Gasteiger partial charge is 0.231 e. The van der Waals surface area contributed by atoms with Crippen molar-refractivity contribution in [1.82, 2.24) is 4.98 Å². The van der Waals surface area contributed by atoms with Gasteiger partial charge in [-0.2, -0.15) is 0 Å². The highest BCUT2D eigenvalue weighted by molar-refractivity contribution is 6.37. The molecule has 0 unspecified atom stereocenters. The van der Waals surface area contributed by atoms with Crippen molar-refractivity contribution in [3.05, 3.63) is 53.8 Å². The first kappa shape index (κ1) is 13.5. The molecule has 1 N–H and O–H groups in total. The van der Waals surface area contributed by atoms with Crippen molar-refractivity contribution >= 4 is 45.0 Å². The van der Waals surface area contributed by atoms with Crippen LogP contribution in [0.15, 0.2) is 53.1 Å². The van der Waals surface area contributed by atoms with Gasteiger partial charge < -0.3 is 19.2 Å². The molecule has 0 saturated carbocycles. The third-order valence-corrected chi connectivity index (χ3v) is 4.29. The third kappa shape index (κ3) is 1.98. The predicted molar refractivity (Wildman–Crippen MR) is 92.4 cm³/mol. The second-order valence-corrected chi connectivity index (χ2v) is 5.87. The van der Waals surface area contributed by atoms with Crippen LogP contribution in [0.3, 0.4) is 0 Å². The fraction of sp³-hybridized carbons (Fsp3) is 0.0556. The Labute approximate surface area is 141 Å². The second-order valence-electron chi connectivity index (χ2n) is 5.46. The molecule has 1 aliphatic rings. The maximum Gasteiger partial charge on any atom is 0.231 e. The molecule has 5 rings (SSSR count). The summed E-state index contributed by atoms with van der Waals surface area (Å²) in [7, 11) is 0. The maximum absolute atomic E-state index is 6.32. The molecule has 0 saturated heterocycles. The maximum atomic E-state index is 6.32. The number of fused-ring (bicyclic) bond motifs is 3. The van der Waals surface area contributed by atoms with Crippen LogP contribution in [0.25, 0.3) is 22.0 Å². The average Bonchev–Trinajstić information content (AvgIpc) is 3.21. The zero-order valence-electron chi connectivity index (χ0n) is 12.4. The number of aromatic nitrogens is 1. The third-order valence-electron chi connectivity index (χ3n) is 4.01. The minimum atomic E-state index is 0.245. The van der Waals surface area contributed by atoms with Crippen molar-refractivity contribution in [2.45, 2.75) is 0 Å². The number of pyridine rings is 1. The van der Waals surface area contributed by atoms with E-state index in [9.17, 15) is 0 Å². The van der Waals surface area contributed by atoms with Crippen LogP contribution in [-0.4, -0.2) is 11.8 Å². The van der Waals surface area contributed by atoms with E-state index in [0.717, 1.165) is 33.4 Å². The van der Waals surface area contributed by atoms with Crippen molar-refractivity contribution in [2.24, 2.45) is 0 Å². The summed E-state index contributed by atoms with van der Waals surface area (Å²) in [5.41, 5.74) is 3.06. The van der Waals surface area contributed by atoms with Gasteiger partial charge >= 0.3 is 0 Å². The summed E-state index contributed by atoms with van der Waals surface area (Å²) in [4.78, 5) is 4.52. The van der Waals surface area contributed by atoms with E-state index >= 15 is 0 Å². The lowest BCUT2D eigenvalue weighted by atomic mass is 10.1. The van der Waals surface area contributed by atoms with Gasteiger partial charge in [-0.05, 0) is 18.2 Å². The molecule has 3 heterocycles. The average molecular weight is 339 g/mol. The van der Waals surface area contributed by atoms with Crippen molar-refractivity contribution in [3.8, 4) is 11.5 Å². The molecular weight excluding hydrogens is 328 g/mol. The Kier molecular flexibility index (Phi) is 2.84. The lowest BCUT2D eigenvalue weighted by Gasteiger charge is -2.11. The van der Waals surface area contributed by atoms with Crippen LogP contribution in [0.5, 0.6) is 11.5 Å². The summed E-state index contributed by atoms with van der Waals surface area (Å²) in [6.45, 7) is 0.245. The Morgan fingerprint density at radius 3 is 2.88 bits per heavy atom. The number of nitrogens with zero attached hydrogens (tertiary/aromatic N) is 1. The lowest BCUT2D eigenvalue weighted by Crippen LogP contribution is -1.94. The molecule has 0 bridgehead atoms. The summed E-state index contributed by atoms with van der Waals surface area (Å²) in [6.07, 6.45) is 1.50. The summed E-state index contributed by atoms with van der Waals surface area (Å²) in [5.74, 6) is 1.46. The minimum Gasteiger partial charge on any atom is -0.454 e. The number of halogens is 1. The molecule has 4 aromatic rings. The van der Waals surface area contributed by atoms with Gasteiger partial charge in [0.25, 0.3) is 0 Å². The standard InChI is InChI=1S/C18H11ClN2O3/c19-12-8-22-18-16(12)17(11-3-1-2-4-13(11)21-18)20-10-5-6-14-15(7-10)24-9-23-14/h1-8H,9H2,(H,20,21). The summed E-state index contributed by atoms with van der Waals surface area (Å²) in [6, 6.07) is 13.6.